The summed E-state index contributed by atoms with van der Waals surface area (Å²) in [6.45, 7) is 5.80. The molecule has 0 atom stereocenters. The molecule has 4 aliphatic heterocycles. The number of anilines is 2. The number of hydrogen-bond donors (Lipinski definition) is 2. The lowest BCUT2D eigenvalue weighted by molar-refractivity contribution is 0.0360. The molecule has 2 bridgehead atoms. The van der Waals surface area contributed by atoms with Crippen molar-refractivity contribution in [2.24, 2.45) is 5.41 Å². The molecule has 5 heterocycles. The van der Waals surface area contributed by atoms with Gasteiger partial charge in [0.25, 0.3) is 0 Å². The zero-order chi connectivity index (χ0) is 23.1. The minimum Gasteiger partial charge on any atom is -0.490 e. The number of nitrogens with zero attached hydrogens (tertiary/aromatic N) is 4. The maximum Gasteiger partial charge on any atom is 0.149 e. The van der Waals surface area contributed by atoms with Gasteiger partial charge in [0, 0.05) is 24.7 Å². The predicted molar refractivity (Wildman–Crippen MR) is 129 cm³/mol. The molecule has 0 spiro atoms. The smallest absolute Gasteiger partial charge is 0.149 e. The van der Waals surface area contributed by atoms with Gasteiger partial charge in [-0.1, -0.05) is 6.07 Å². The highest BCUT2D eigenvalue weighted by Crippen LogP contribution is 2.40. The molecule has 8 heteroatoms. The molecule has 2 N–H and O–H groups in total. The van der Waals surface area contributed by atoms with E-state index in [2.05, 4.69) is 15.5 Å². The number of benzene rings is 2. The Balaban J connectivity index is 1.36. The van der Waals surface area contributed by atoms with Crippen LogP contribution in [0.15, 0.2) is 42.5 Å². The first-order chi connectivity index (χ1) is 16.6. The first-order valence-corrected chi connectivity index (χ1v) is 11.9. The van der Waals surface area contributed by atoms with Gasteiger partial charge < -0.3 is 20.3 Å². The zero-order valence-corrected chi connectivity index (χ0v) is 19.0. The SMILES string of the molecule is N#Cc1ccc(-c2cc(NCC34CCN(CC3)CC4)nn2-c2ccc3c(c2)NCCO3)cc1F. The number of halogens is 1. The third-order valence-corrected chi connectivity index (χ3v) is 7.50. The minimum absolute atomic E-state index is 0.0334. The number of nitriles is 1. The number of hydrogen-bond acceptors (Lipinski definition) is 6. The summed E-state index contributed by atoms with van der Waals surface area (Å²) >= 11 is 0. The molecule has 1 aromatic heterocycles. The van der Waals surface area contributed by atoms with Crippen LogP contribution in [0.5, 0.6) is 5.75 Å². The van der Waals surface area contributed by atoms with Crippen molar-refractivity contribution in [3.8, 4) is 28.8 Å². The summed E-state index contributed by atoms with van der Waals surface area (Å²) in [5.74, 6) is 1.05. The molecule has 0 radical (unpaired) electrons. The van der Waals surface area contributed by atoms with Crippen LogP contribution in [0.25, 0.3) is 16.9 Å². The highest BCUT2D eigenvalue weighted by molar-refractivity contribution is 5.69. The van der Waals surface area contributed by atoms with Gasteiger partial charge in [0.2, 0.25) is 0 Å². The van der Waals surface area contributed by atoms with Crippen LogP contribution in [0, 0.1) is 22.6 Å². The second-order valence-corrected chi connectivity index (χ2v) is 9.53. The molecule has 0 aliphatic carbocycles. The molecule has 0 amide bonds. The maximum absolute atomic E-state index is 14.5. The Morgan fingerprint density at radius 3 is 2.71 bits per heavy atom. The fourth-order valence-electron chi connectivity index (χ4n) is 5.33. The van der Waals surface area contributed by atoms with Crippen LogP contribution in [0.3, 0.4) is 0 Å². The van der Waals surface area contributed by atoms with E-state index in [1.54, 1.807) is 6.07 Å². The number of nitrogens with one attached hydrogen (secondary N) is 2. The van der Waals surface area contributed by atoms with Crippen molar-refractivity contribution in [1.82, 2.24) is 14.7 Å². The number of aromatic nitrogens is 2. The van der Waals surface area contributed by atoms with Crippen molar-refractivity contribution in [1.29, 1.82) is 5.26 Å². The maximum atomic E-state index is 14.5. The first kappa shape index (κ1) is 21.0. The molecule has 174 valence electrons. The van der Waals surface area contributed by atoms with E-state index in [-0.39, 0.29) is 5.56 Å². The van der Waals surface area contributed by atoms with E-state index in [9.17, 15) is 4.39 Å². The largest absolute Gasteiger partial charge is 0.490 e. The van der Waals surface area contributed by atoms with Crippen LogP contribution in [0.4, 0.5) is 15.9 Å². The van der Waals surface area contributed by atoms with E-state index < -0.39 is 5.82 Å². The predicted octanol–water partition coefficient (Wildman–Crippen LogP) is 4.25. The Bertz CT molecular complexity index is 1260. The Hall–Kier alpha value is -3.57. The fraction of sp³-hybridized carbons (Fsp3) is 0.385. The molecule has 0 saturated carbocycles. The Morgan fingerprint density at radius 1 is 1.12 bits per heavy atom. The monoisotopic (exact) mass is 458 g/mol. The molecular weight excluding hydrogens is 431 g/mol. The van der Waals surface area contributed by atoms with Crippen LogP contribution >= 0.6 is 0 Å². The molecule has 7 rings (SSSR count). The van der Waals surface area contributed by atoms with Gasteiger partial charge in [0.05, 0.1) is 22.6 Å². The van der Waals surface area contributed by atoms with Gasteiger partial charge in [-0.25, -0.2) is 9.07 Å². The molecule has 2 aromatic carbocycles. The lowest BCUT2D eigenvalue weighted by Gasteiger charge is -2.48. The number of ether oxygens (including phenoxy) is 1. The molecule has 7 nitrogen and oxygen atoms in total. The van der Waals surface area contributed by atoms with Crippen LogP contribution < -0.4 is 15.4 Å². The molecule has 4 aliphatic rings. The highest BCUT2D eigenvalue weighted by atomic mass is 19.1. The van der Waals surface area contributed by atoms with Gasteiger partial charge in [0.15, 0.2) is 0 Å². The molecule has 3 aromatic rings. The van der Waals surface area contributed by atoms with Crippen LogP contribution in [-0.2, 0) is 0 Å². The zero-order valence-electron chi connectivity index (χ0n) is 19.0. The van der Waals surface area contributed by atoms with Crippen LogP contribution in [0.1, 0.15) is 24.8 Å². The van der Waals surface area contributed by atoms with Crippen LogP contribution in [-0.4, -0.2) is 54.0 Å². The van der Waals surface area contributed by atoms with E-state index in [1.165, 1.54) is 51.0 Å². The Labute approximate surface area is 198 Å². The normalized spacial score (nSPS) is 22.9. The molecule has 3 saturated heterocycles. The van der Waals surface area contributed by atoms with Crippen molar-refractivity contribution in [2.45, 2.75) is 19.3 Å². The van der Waals surface area contributed by atoms with E-state index in [1.807, 2.05) is 35.0 Å². The fourth-order valence-corrected chi connectivity index (χ4v) is 5.33. The van der Waals surface area contributed by atoms with E-state index in [4.69, 9.17) is 15.1 Å². The number of fused-ring (bicyclic) bond motifs is 4. The van der Waals surface area contributed by atoms with Gasteiger partial charge in [0.1, 0.15) is 30.1 Å². The van der Waals surface area contributed by atoms with Gasteiger partial charge in [-0.3, -0.25) is 0 Å². The second-order valence-electron chi connectivity index (χ2n) is 9.53. The van der Waals surface area contributed by atoms with E-state index in [0.717, 1.165) is 41.7 Å². The first-order valence-electron chi connectivity index (χ1n) is 11.9. The van der Waals surface area contributed by atoms with Crippen molar-refractivity contribution >= 4 is 11.5 Å². The number of piperidine rings is 3. The quantitative estimate of drug-likeness (QED) is 0.595. The lowest BCUT2D eigenvalue weighted by Crippen LogP contribution is -2.50. The van der Waals surface area contributed by atoms with Gasteiger partial charge in [-0.15, -0.1) is 5.10 Å². The highest BCUT2D eigenvalue weighted by Gasteiger charge is 2.39. The van der Waals surface area contributed by atoms with Crippen molar-refractivity contribution < 1.29 is 9.13 Å². The van der Waals surface area contributed by atoms with Crippen LogP contribution in [0.2, 0.25) is 0 Å². The average Bonchev–Trinajstić information content (AvgIpc) is 3.33. The molecule has 0 unspecified atom stereocenters. The topological polar surface area (TPSA) is 78.1 Å². The summed E-state index contributed by atoms with van der Waals surface area (Å²) in [5.41, 5.74) is 3.56. The second kappa shape index (κ2) is 8.33. The average molecular weight is 459 g/mol. The van der Waals surface area contributed by atoms with Gasteiger partial charge in [-0.2, -0.15) is 5.26 Å². The number of rotatable bonds is 5. The summed E-state index contributed by atoms with van der Waals surface area (Å²) < 4.78 is 22.1. The minimum atomic E-state index is -0.532. The lowest BCUT2D eigenvalue weighted by atomic mass is 9.72. The third kappa shape index (κ3) is 3.76. The van der Waals surface area contributed by atoms with Crippen molar-refractivity contribution in [3.05, 3.63) is 53.8 Å². The van der Waals surface area contributed by atoms with Crippen molar-refractivity contribution in [2.75, 3.05) is 50.0 Å². The Morgan fingerprint density at radius 2 is 1.94 bits per heavy atom. The van der Waals surface area contributed by atoms with E-state index in [0.29, 0.717) is 17.6 Å². The summed E-state index contributed by atoms with van der Waals surface area (Å²) in [5, 5.41) is 21.0. The third-order valence-electron chi connectivity index (χ3n) is 7.50. The molecular formula is C26H27FN6O. The standard InChI is InChI=1S/C26H27FN6O/c27-21-13-18(1-2-19(21)16-28)23-15-25(30-17-26-5-9-32(10-6-26)11-7-26)31-33(23)20-3-4-24-22(14-20)29-8-12-34-24/h1-4,13-15,29H,5-12,17H2,(H,30,31). The summed E-state index contributed by atoms with van der Waals surface area (Å²) in [7, 11) is 0. The molecule has 34 heavy (non-hydrogen) atoms. The summed E-state index contributed by atoms with van der Waals surface area (Å²) in [4.78, 5) is 2.54. The van der Waals surface area contributed by atoms with Gasteiger partial charge in [-0.05, 0) is 74.6 Å². The van der Waals surface area contributed by atoms with Gasteiger partial charge >= 0.3 is 0 Å². The Kier molecular flexibility index (Phi) is 5.15. The van der Waals surface area contributed by atoms with Crippen molar-refractivity contribution in [3.63, 3.8) is 0 Å². The summed E-state index contributed by atoms with van der Waals surface area (Å²) in [6.07, 6.45) is 3.64. The summed E-state index contributed by atoms with van der Waals surface area (Å²) in [6, 6.07) is 14.5. The molecule has 3 fully saturated rings. The van der Waals surface area contributed by atoms with E-state index >= 15 is 0 Å².